The first-order chi connectivity index (χ1) is 8.65. The molecule has 1 heterocycles. The van der Waals surface area contributed by atoms with Crippen LogP contribution in [0.4, 0.5) is 4.39 Å². The smallest absolute Gasteiger partial charge is 0.305 e. The van der Waals surface area contributed by atoms with Crippen LogP contribution in [0.5, 0.6) is 0 Å². The zero-order chi connectivity index (χ0) is 13.0. The van der Waals surface area contributed by atoms with Crippen molar-refractivity contribution in [1.82, 2.24) is 4.90 Å². The summed E-state index contributed by atoms with van der Waals surface area (Å²) in [5, 5.41) is 8.85. The number of carboxylic acids is 1. The molecule has 5 heteroatoms. The van der Waals surface area contributed by atoms with E-state index in [4.69, 9.17) is 9.84 Å². The minimum Gasteiger partial charge on any atom is -0.481 e. The molecule has 1 unspecified atom stereocenters. The van der Waals surface area contributed by atoms with Crippen molar-refractivity contribution >= 4 is 5.97 Å². The van der Waals surface area contributed by atoms with Crippen molar-refractivity contribution in [1.29, 1.82) is 0 Å². The number of carboxylic acid groups (broad SMARTS) is 1. The zero-order valence-corrected chi connectivity index (χ0v) is 10.0. The van der Waals surface area contributed by atoms with E-state index >= 15 is 0 Å². The van der Waals surface area contributed by atoms with Crippen molar-refractivity contribution < 1.29 is 19.0 Å². The van der Waals surface area contributed by atoms with Gasteiger partial charge in [-0.1, -0.05) is 12.1 Å². The summed E-state index contributed by atoms with van der Waals surface area (Å²) < 4.78 is 18.1. The van der Waals surface area contributed by atoms with E-state index < -0.39 is 5.97 Å². The van der Waals surface area contributed by atoms with Gasteiger partial charge in [-0.05, 0) is 17.7 Å². The van der Waals surface area contributed by atoms with E-state index in [0.717, 1.165) is 5.56 Å². The van der Waals surface area contributed by atoms with E-state index in [1.54, 1.807) is 12.1 Å². The van der Waals surface area contributed by atoms with Gasteiger partial charge in [-0.25, -0.2) is 4.39 Å². The maximum absolute atomic E-state index is 12.8. The van der Waals surface area contributed by atoms with Gasteiger partial charge in [-0.15, -0.1) is 0 Å². The molecule has 1 N–H and O–H groups in total. The Morgan fingerprint density at radius 2 is 2.17 bits per heavy atom. The van der Waals surface area contributed by atoms with Crippen LogP contribution in [0.1, 0.15) is 12.0 Å². The quantitative estimate of drug-likeness (QED) is 0.883. The van der Waals surface area contributed by atoms with Gasteiger partial charge in [0.05, 0.1) is 19.6 Å². The van der Waals surface area contributed by atoms with E-state index in [1.165, 1.54) is 12.1 Å². The van der Waals surface area contributed by atoms with Crippen molar-refractivity contribution in [3.63, 3.8) is 0 Å². The highest BCUT2D eigenvalue weighted by atomic mass is 19.1. The maximum atomic E-state index is 12.8. The topological polar surface area (TPSA) is 49.8 Å². The second-order valence-corrected chi connectivity index (χ2v) is 4.42. The summed E-state index contributed by atoms with van der Waals surface area (Å²) in [6, 6.07) is 6.18. The monoisotopic (exact) mass is 253 g/mol. The summed E-state index contributed by atoms with van der Waals surface area (Å²) in [7, 11) is 0. The average molecular weight is 253 g/mol. The van der Waals surface area contributed by atoms with Gasteiger partial charge in [-0.3, -0.25) is 9.69 Å². The molecule has 0 aliphatic carbocycles. The van der Waals surface area contributed by atoms with Crippen LogP contribution >= 0.6 is 0 Å². The van der Waals surface area contributed by atoms with E-state index in [0.29, 0.717) is 26.3 Å². The standard InChI is InChI=1S/C13H16FNO3/c14-11-3-1-10(2-4-11)8-15-5-6-18-9-12(15)7-13(16)17/h1-4,12H,5-9H2,(H,16,17). The molecule has 1 fully saturated rings. The predicted molar refractivity (Wildman–Crippen MR) is 63.7 cm³/mol. The Morgan fingerprint density at radius 3 is 2.83 bits per heavy atom. The normalized spacial score (nSPS) is 20.8. The van der Waals surface area contributed by atoms with Crippen molar-refractivity contribution in [2.24, 2.45) is 0 Å². The first kappa shape index (κ1) is 13.0. The molecule has 18 heavy (non-hydrogen) atoms. The number of hydrogen-bond acceptors (Lipinski definition) is 3. The third kappa shape index (κ3) is 3.51. The van der Waals surface area contributed by atoms with Gasteiger partial charge in [0.1, 0.15) is 5.82 Å². The van der Waals surface area contributed by atoms with E-state index in [9.17, 15) is 9.18 Å². The number of aliphatic carboxylic acids is 1. The summed E-state index contributed by atoms with van der Waals surface area (Å²) in [5.41, 5.74) is 0.980. The number of hydrogen-bond donors (Lipinski definition) is 1. The Hall–Kier alpha value is -1.46. The lowest BCUT2D eigenvalue weighted by Gasteiger charge is -2.34. The molecule has 1 aromatic rings. The number of carbonyl (C=O) groups is 1. The van der Waals surface area contributed by atoms with Crippen LogP contribution in [0.25, 0.3) is 0 Å². The number of benzene rings is 1. The van der Waals surface area contributed by atoms with Crippen molar-refractivity contribution in [2.45, 2.75) is 19.0 Å². The minimum atomic E-state index is -0.824. The Balaban J connectivity index is 2.00. The molecule has 1 aromatic carbocycles. The van der Waals surface area contributed by atoms with Gasteiger partial charge in [-0.2, -0.15) is 0 Å². The van der Waals surface area contributed by atoms with Gasteiger partial charge in [0, 0.05) is 19.1 Å². The molecule has 0 aromatic heterocycles. The molecule has 0 spiro atoms. The van der Waals surface area contributed by atoms with Crippen LogP contribution < -0.4 is 0 Å². The average Bonchev–Trinajstić information content (AvgIpc) is 2.34. The molecule has 98 valence electrons. The number of ether oxygens (including phenoxy) is 1. The highest BCUT2D eigenvalue weighted by Gasteiger charge is 2.25. The van der Waals surface area contributed by atoms with E-state index in [-0.39, 0.29) is 18.3 Å². The molecule has 0 radical (unpaired) electrons. The molecule has 0 saturated carbocycles. The fourth-order valence-electron chi connectivity index (χ4n) is 2.11. The lowest BCUT2D eigenvalue weighted by Crippen LogP contribution is -2.45. The predicted octanol–water partition coefficient (Wildman–Crippen LogP) is 1.50. The van der Waals surface area contributed by atoms with Gasteiger partial charge < -0.3 is 9.84 Å². The van der Waals surface area contributed by atoms with Crippen LogP contribution in [-0.2, 0) is 16.1 Å². The SMILES string of the molecule is O=C(O)CC1COCCN1Cc1ccc(F)cc1. The molecule has 1 atom stereocenters. The van der Waals surface area contributed by atoms with Crippen LogP contribution in [0, 0.1) is 5.82 Å². The van der Waals surface area contributed by atoms with Crippen molar-refractivity contribution in [3.05, 3.63) is 35.6 Å². The summed E-state index contributed by atoms with van der Waals surface area (Å²) in [5.74, 6) is -1.09. The summed E-state index contributed by atoms with van der Waals surface area (Å²) in [6.45, 7) is 2.38. The van der Waals surface area contributed by atoms with Gasteiger partial charge in [0.2, 0.25) is 0 Å². The fourth-order valence-corrected chi connectivity index (χ4v) is 2.11. The van der Waals surface area contributed by atoms with Crippen LogP contribution in [0.3, 0.4) is 0 Å². The molecule has 0 amide bonds. The van der Waals surface area contributed by atoms with Crippen LogP contribution in [0.2, 0.25) is 0 Å². The molecular formula is C13H16FNO3. The molecule has 0 bridgehead atoms. The molecular weight excluding hydrogens is 237 g/mol. The van der Waals surface area contributed by atoms with Crippen LogP contribution in [-0.4, -0.2) is 41.8 Å². The highest BCUT2D eigenvalue weighted by Crippen LogP contribution is 2.15. The van der Waals surface area contributed by atoms with Gasteiger partial charge in [0.25, 0.3) is 0 Å². The largest absolute Gasteiger partial charge is 0.481 e. The Labute approximate surface area is 105 Å². The molecule has 2 rings (SSSR count). The third-order valence-corrected chi connectivity index (χ3v) is 3.06. The third-order valence-electron chi connectivity index (χ3n) is 3.06. The van der Waals surface area contributed by atoms with Crippen molar-refractivity contribution in [2.75, 3.05) is 19.8 Å². The maximum Gasteiger partial charge on any atom is 0.305 e. The molecule has 4 nitrogen and oxygen atoms in total. The Bertz CT molecular complexity index is 407. The highest BCUT2D eigenvalue weighted by molar-refractivity contribution is 5.67. The molecule has 1 aliphatic rings. The Kier molecular flexibility index (Phi) is 4.28. The first-order valence-electron chi connectivity index (χ1n) is 5.93. The molecule has 1 aliphatic heterocycles. The van der Waals surface area contributed by atoms with Gasteiger partial charge >= 0.3 is 5.97 Å². The van der Waals surface area contributed by atoms with E-state index in [1.807, 2.05) is 0 Å². The second kappa shape index (κ2) is 5.93. The second-order valence-electron chi connectivity index (χ2n) is 4.42. The minimum absolute atomic E-state index is 0.0706. The lowest BCUT2D eigenvalue weighted by molar-refractivity contribution is -0.140. The number of morpholine rings is 1. The first-order valence-corrected chi connectivity index (χ1v) is 5.93. The number of nitrogens with zero attached hydrogens (tertiary/aromatic N) is 1. The Morgan fingerprint density at radius 1 is 1.44 bits per heavy atom. The summed E-state index contributed by atoms with van der Waals surface area (Å²) in [4.78, 5) is 12.9. The zero-order valence-electron chi connectivity index (χ0n) is 10.0. The fraction of sp³-hybridized carbons (Fsp3) is 0.462. The summed E-state index contributed by atoms with van der Waals surface area (Å²) >= 11 is 0. The van der Waals surface area contributed by atoms with E-state index in [2.05, 4.69) is 4.90 Å². The summed E-state index contributed by atoms with van der Waals surface area (Å²) in [6.07, 6.45) is 0.0706. The van der Waals surface area contributed by atoms with Crippen molar-refractivity contribution in [3.8, 4) is 0 Å². The van der Waals surface area contributed by atoms with Crippen LogP contribution in [0.15, 0.2) is 24.3 Å². The lowest BCUT2D eigenvalue weighted by atomic mass is 10.1. The number of halogens is 1. The molecule has 1 saturated heterocycles. The number of rotatable bonds is 4. The van der Waals surface area contributed by atoms with Gasteiger partial charge in [0.15, 0.2) is 0 Å².